The van der Waals surface area contributed by atoms with Gasteiger partial charge in [0.25, 0.3) is 0 Å². The van der Waals surface area contributed by atoms with Gasteiger partial charge in [0, 0.05) is 0 Å². The average molecular weight is 254 g/mol. The van der Waals surface area contributed by atoms with Crippen molar-refractivity contribution in [3.63, 3.8) is 0 Å². The second kappa shape index (κ2) is 4.55. The molecular weight excluding hydrogens is 245 g/mol. The van der Waals surface area contributed by atoms with Crippen LogP contribution in [0.3, 0.4) is 0 Å². The highest BCUT2D eigenvalue weighted by Gasteiger charge is 2.11. The number of aromatic nitrogens is 2. The van der Waals surface area contributed by atoms with Gasteiger partial charge in [-0.15, -0.1) is 0 Å². The predicted octanol–water partition coefficient (Wildman–Crippen LogP) is 2.95. The fraction of sp³-hybridized carbons (Fsp3) is 0.0909. The van der Waals surface area contributed by atoms with Gasteiger partial charge in [0.15, 0.2) is 11.6 Å². The summed E-state index contributed by atoms with van der Waals surface area (Å²) in [6.45, 7) is 1.64. The summed E-state index contributed by atoms with van der Waals surface area (Å²) in [7, 11) is 0. The van der Waals surface area contributed by atoms with Gasteiger partial charge < -0.3 is 10.5 Å². The maximum absolute atomic E-state index is 13.7. The van der Waals surface area contributed by atoms with Crippen molar-refractivity contribution in [2.24, 2.45) is 0 Å². The highest BCUT2D eigenvalue weighted by Crippen LogP contribution is 2.28. The van der Waals surface area contributed by atoms with E-state index in [-0.39, 0.29) is 22.6 Å². The van der Waals surface area contributed by atoms with Crippen LogP contribution in [0.5, 0.6) is 11.6 Å². The molecule has 4 nitrogen and oxygen atoms in total. The molecule has 88 valence electrons. The van der Waals surface area contributed by atoms with Gasteiger partial charge in [-0.05, 0) is 30.2 Å². The van der Waals surface area contributed by atoms with Crippen molar-refractivity contribution >= 4 is 17.3 Å². The quantitative estimate of drug-likeness (QED) is 0.836. The van der Waals surface area contributed by atoms with Crippen LogP contribution in [0.1, 0.15) is 5.56 Å². The SMILES string of the molecule is Cc1cccc(Oc2nc(Cl)ncc2N)c1F. The second-order valence-corrected chi connectivity index (χ2v) is 3.73. The minimum Gasteiger partial charge on any atom is -0.434 e. The number of benzene rings is 1. The van der Waals surface area contributed by atoms with Crippen LogP contribution in [0, 0.1) is 12.7 Å². The first kappa shape index (κ1) is 11.6. The molecular formula is C11H9ClFN3O. The lowest BCUT2D eigenvalue weighted by atomic mass is 10.2. The van der Waals surface area contributed by atoms with Gasteiger partial charge in [-0.1, -0.05) is 12.1 Å². The molecule has 0 aliphatic rings. The van der Waals surface area contributed by atoms with E-state index >= 15 is 0 Å². The number of hydrogen-bond acceptors (Lipinski definition) is 4. The lowest BCUT2D eigenvalue weighted by Crippen LogP contribution is -1.98. The molecule has 2 rings (SSSR count). The molecule has 0 aliphatic heterocycles. The highest BCUT2D eigenvalue weighted by atomic mass is 35.5. The maximum Gasteiger partial charge on any atom is 0.247 e. The third kappa shape index (κ3) is 2.45. The first-order chi connectivity index (χ1) is 8.08. The molecule has 17 heavy (non-hydrogen) atoms. The number of halogens is 2. The van der Waals surface area contributed by atoms with E-state index in [1.807, 2.05) is 0 Å². The summed E-state index contributed by atoms with van der Waals surface area (Å²) in [5, 5.41) is -0.0118. The summed E-state index contributed by atoms with van der Waals surface area (Å²) in [4.78, 5) is 7.46. The van der Waals surface area contributed by atoms with Crippen molar-refractivity contribution in [1.82, 2.24) is 9.97 Å². The molecule has 0 fully saturated rings. The molecule has 1 heterocycles. The molecule has 0 radical (unpaired) electrons. The Morgan fingerprint density at radius 1 is 1.41 bits per heavy atom. The zero-order chi connectivity index (χ0) is 12.4. The van der Waals surface area contributed by atoms with Crippen LogP contribution in [0.15, 0.2) is 24.4 Å². The molecule has 2 aromatic rings. The van der Waals surface area contributed by atoms with E-state index < -0.39 is 5.82 Å². The standard InChI is InChI=1S/C11H9ClFN3O/c1-6-3-2-4-8(9(6)13)17-10-7(14)5-15-11(12)16-10/h2-5H,14H2,1H3. The van der Waals surface area contributed by atoms with Crippen molar-refractivity contribution in [2.75, 3.05) is 5.73 Å². The van der Waals surface area contributed by atoms with E-state index in [9.17, 15) is 4.39 Å². The van der Waals surface area contributed by atoms with Crippen LogP contribution in [0.25, 0.3) is 0 Å². The van der Waals surface area contributed by atoms with Crippen LogP contribution >= 0.6 is 11.6 Å². The van der Waals surface area contributed by atoms with Gasteiger partial charge in [-0.2, -0.15) is 4.98 Å². The fourth-order valence-corrected chi connectivity index (χ4v) is 1.37. The topological polar surface area (TPSA) is 61.0 Å². The molecule has 0 saturated heterocycles. The Balaban J connectivity index is 2.38. The molecule has 1 aromatic carbocycles. The fourth-order valence-electron chi connectivity index (χ4n) is 1.24. The van der Waals surface area contributed by atoms with Crippen LogP contribution < -0.4 is 10.5 Å². The van der Waals surface area contributed by atoms with E-state index in [0.29, 0.717) is 5.56 Å². The number of nitrogens with two attached hydrogens (primary N) is 1. The molecule has 0 atom stereocenters. The number of anilines is 1. The lowest BCUT2D eigenvalue weighted by Gasteiger charge is -2.08. The van der Waals surface area contributed by atoms with Crippen molar-refractivity contribution in [3.05, 3.63) is 41.1 Å². The normalized spacial score (nSPS) is 10.3. The Kier molecular flexibility index (Phi) is 3.10. The Morgan fingerprint density at radius 2 is 2.18 bits per heavy atom. The minimum absolute atomic E-state index is 0.0118. The summed E-state index contributed by atoms with van der Waals surface area (Å²) in [6, 6.07) is 4.79. The Bertz CT molecular complexity index is 562. The summed E-state index contributed by atoms with van der Waals surface area (Å²) < 4.78 is 18.9. The summed E-state index contributed by atoms with van der Waals surface area (Å²) in [6.07, 6.45) is 1.30. The Hall–Kier alpha value is -1.88. The summed E-state index contributed by atoms with van der Waals surface area (Å²) >= 11 is 5.60. The van der Waals surface area contributed by atoms with E-state index in [1.54, 1.807) is 19.1 Å². The maximum atomic E-state index is 13.7. The van der Waals surface area contributed by atoms with Gasteiger partial charge in [-0.3, -0.25) is 0 Å². The number of aryl methyl sites for hydroxylation is 1. The first-order valence-corrected chi connectivity index (χ1v) is 5.16. The molecule has 0 unspecified atom stereocenters. The first-order valence-electron chi connectivity index (χ1n) is 4.79. The van der Waals surface area contributed by atoms with Crippen LogP contribution in [-0.2, 0) is 0 Å². The molecule has 0 amide bonds. The van der Waals surface area contributed by atoms with E-state index in [2.05, 4.69) is 9.97 Å². The predicted molar refractivity (Wildman–Crippen MR) is 62.7 cm³/mol. The zero-order valence-electron chi connectivity index (χ0n) is 8.95. The molecule has 0 spiro atoms. The molecule has 1 aromatic heterocycles. The van der Waals surface area contributed by atoms with Crippen molar-refractivity contribution in [1.29, 1.82) is 0 Å². The van der Waals surface area contributed by atoms with Crippen molar-refractivity contribution < 1.29 is 9.13 Å². The third-order valence-electron chi connectivity index (χ3n) is 2.11. The van der Waals surface area contributed by atoms with E-state index in [1.165, 1.54) is 12.3 Å². The van der Waals surface area contributed by atoms with Crippen LogP contribution in [0.2, 0.25) is 5.28 Å². The minimum atomic E-state index is -0.457. The van der Waals surface area contributed by atoms with E-state index in [0.717, 1.165) is 0 Å². The number of nitrogens with zero attached hydrogens (tertiary/aromatic N) is 2. The Morgan fingerprint density at radius 3 is 2.94 bits per heavy atom. The Labute approximate surface area is 102 Å². The van der Waals surface area contributed by atoms with E-state index in [4.69, 9.17) is 22.1 Å². The average Bonchev–Trinajstić information content (AvgIpc) is 2.30. The van der Waals surface area contributed by atoms with Gasteiger partial charge in [-0.25, -0.2) is 9.37 Å². The molecule has 0 saturated carbocycles. The molecule has 6 heteroatoms. The smallest absolute Gasteiger partial charge is 0.247 e. The third-order valence-corrected chi connectivity index (χ3v) is 2.30. The van der Waals surface area contributed by atoms with Gasteiger partial charge in [0.05, 0.1) is 6.20 Å². The highest BCUT2D eigenvalue weighted by molar-refractivity contribution is 6.28. The largest absolute Gasteiger partial charge is 0.434 e. The number of rotatable bonds is 2. The molecule has 2 N–H and O–H groups in total. The van der Waals surface area contributed by atoms with Gasteiger partial charge in [0.1, 0.15) is 5.69 Å². The molecule has 0 aliphatic carbocycles. The monoisotopic (exact) mass is 253 g/mol. The number of ether oxygens (including phenoxy) is 1. The molecule has 0 bridgehead atoms. The van der Waals surface area contributed by atoms with Crippen LogP contribution in [-0.4, -0.2) is 9.97 Å². The van der Waals surface area contributed by atoms with Gasteiger partial charge in [0.2, 0.25) is 11.2 Å². The lowest BCUT2D eigenvalue weighted by molar-refractivity contribution is 0.427. The number of hydrogen-bond donors (Lipinski definition) is 1. The number of nitrogen functional groups attached to an aromatic ring is 1. The summed E-state index contributed by atoms with van der Waals surface area (Å²) in [5.74, 6) is -0.373. The second-order valence-electron chi connectivity index (χ2n) is 3.39. The van der Waals surface area contributed by atoms with Crippen LogP contribution in [0.4, 0.5) is 10.1 Å². The van der Waals surface area contributed by atoms with Gasteiger partial charge >= 0.3 is 0 Å². The van der Waals surface area contributed by atoms with Crippen molar-refractivity contribution in [3.8, 4) is 11.6 Å². The summed E-state index contributed by atoms with van der Waals surface area (Å²) in [5.41, 5.74) is 6.26. The van der Waals surface area contributed by atoms with Crippen molar-refractivity contribution in [2.45, 2.75) is 6.92 Å². The zero-order valence-corrected chi connectivity index (χ0v) is 9.70.